The van der Waals surface area contributed by atoms with E-state index in [1.807, 2.05) is 25.7 Å². The number of hydrogen-bond acceptors (Lipinski definition) is 4. The highest BCUT2D eigenvalue weighted by Crippen LogP contribution is 2.28. The van der Waals surface area contributed by atoms with E-state index >= 15 is 0 Å². The highest BCUT2D eigenvalue weighted by atomic mass is 32.2. The van der Waals surface area contributed by atoms with Crippen LogP contribution >= 0.6 is 11.8 Å². The second-order valence-corrected chi connectivity index (χ2v) is 9.76. The van der Waals surface area contributed by atoms with Gasteiger partial charge in [0.1, 0.15) is 11.9 Å². The van der Waals surface area contributed by atoms with Gasteiger partial charge in [0.15, 0.2) is 0 Å². The predicted octanol–water partition coefficient (Wildman–Crippen LogP) is 3.20. The van der Waals surface area contributed by atoms with Gasteiger partial charge in [-0.25, -0.2) is 4.39 Å². The van der Waals surface area contributed by atoms with Crippen LogP contribution < -0.4 is 4.90 Å². The molecule has 2 aliphatic rings. The van der Waals surface area contributed by atoms with E-state index in [9.17, 15) is 14.0 Å². The van der Waals surface area contributed by atoms with Crippen LogP contribution in [0.4, 0.5) is 10.1 Å². The van der Waals surface area contributed by atoms with E-state index in [4.69, 9.17) is 0 Å². The second kappa shape index (κ2) is 8.72. The SMILES string of the molecule is CC(C)(C)CC(=O)N1CSCC1C(=O)N1CCCN(c2ccc(F)cc2)CC1. The third-order valence-corrected chi connectivity index (χ3v) is 6.18. The first-order chi connectivity index (χ1) is 13.2. The predicted molar refractivity (Wildman–Crippen MR) is 112 cm³/mol. The number of hydrogen-bond donors (Lipinski definition) is 0. The van der Waals surface area contributed by atoms with Gasteiger partial charge < -0.3 is 14.7 Å². The van der Waals surface area contributed by atoms with Crippen LogP contribution in [0.15, 0.2) is 24.3 Å². The van der Waals surface area contributed by atoms with Gasteiger partial charge in [0.25, 0.3) is 0 Å². The van der Waals surface area contributed by atoms with Crippen LogP contribution in [-0.4, -0.2) is 65.5 Å². The summed E-state index contributed by atoms with van der Waals surface area (Å²) in [7, 11) is 0. The van der Waals surface area contributed by atoms with E-state index in [2.05, 4.69) is 4.90 Å². The molecule has 0 saturated carbocycles. The largest absolute Gasteiger partial charge is 0.370 e. The molecule has 2 aliphatic heterocycles. The standard InChI is InChI=1S/C21H30FN3O2S/c1-21(2,3)13-19(26)25-15-28-14-18(25)20(27)24-10-4-9-23(11-12-24)17-7-5-16(22)6-8-17/h5-8,18H,4,9-15H2,1-3H3. The summed E-state index contributed by atoms with van der Waals surface area (Å²) in [6.45, 7) is 9.00. The normalized spacial score (nSPS) is 21.0. The van der Waals surface area contributed by atoms with Crippen LogP contribution in [0.25, 0.3) is 0 Å². The average Bonchev–Trinajstić information content (AvgIpc) is 2.99. The van der Waals surface area contributed by atoms with Crippen molar-refractivity contribution < 1.29 is 14.0 Å². The minimum Gasteiger partial charge on any atom is -0.370 e. The van der Waals surface area contributed by atoms with Crippen LogP contribution in [-0.2, 0) is 9.59 Å². The molecule has 2 heterocycles. The summed E-state index contributed by atoms with van der Waals surface area (Å²) in [5, 5.41) is 0. The van der Waals surface area contributed by atoms with Crippen molar-refractivity contribution in [2.24, 2.45) is 5.41 Å². The Labute approximate surface area is 171 Å². The summed E-state index contributed by atoms with van der Waals surface area (Å²) in [5.41, 5.74) is 0.894. The Hall–Kier alpha value is -1.76. The maximum absolute atomic E-state index is 13.2. The lowest BCUT2D eigenvalue weighted by molar-refractivity contribution is -0.144. The lowest BCUT2D eigenvalue weighted by Crippen LogP contribution is -2.50. The molecule has 2 amide bonds. The Balaban J connectivity index is 1.62. The molecule has 0 aliphatic carbocycles. The Kier molecular flexibility index (Phi) is 6.53. The molecule has 1 atom stereocenters. The fraction of sp³-hybridized carbons (Fsp3) is 0.619. The van der Waals surface area contributed by atoms with Gasteiger partial charge in [0.05, 0.1) is 5.88 Å². The maximum atomic E-state index is 13.2. The molecule has 3 rings (SSSR count). The van der Waals surface area contributed by atoms with Crippen molar-refractivity contribution in [3.05, 3.63) is 30.1 Å². The van der Waals surface area contributed by atoms with Gasteiger partial charge in [-0.05, 0) is 36.1 Å². The Morgan fingerprint density at radius 2 is 1.82 bits per heavy atom. The fourth-order valence-electron chi connectivity index (χ4n) is 3.71. The highest BCUT2D eigenvalue weighted by Gasteiger charge is 2.38. The average molecular weight is 408 g/mol. The van der Waals surface area contributed by atoms with Crippen LogP contribution in [0.3, 0.4) is 0 Å². The minimum atomic E-state index is -0.350. The number of benzene rings is 1. The number of carbonyl (C=O) groups is 2. The Morgan fingerprint density at radius 1 is 1.11 bits per heavy atom. The quantitative estimate of drug-likeness (QED) is 0.772. The van der Waals surface area contributed by atoms with Gasteiger partial charge in [-0.2, -0.15) is 0 Å². The fourth-order valence-corrected chi connectivity index (χ4v) is 4.88. The smallest absolute Gasteiger partial charge is 0.246 e. The van der Waals surface area contributed by atoms with Crippen LogP contribution in [0, 0.1) is 11.2 Å². The third kappa shape index (κ3) is 5.19. The summed E-state index contributed by atoms with van der Waals surface area (Å²) >= 11 is 1.65. The first-order valence-corrected chi connectivity index (χ1v) is 11.1. The maximum Gasteiger partial charge on any atom is 0.246 e. The minimum absolute atomic E-state index is 0.0632. The first-order valence-electron chi connectivity index (χ1n) is 9.91. The second-order valence-electron chi connectivity index (χ2n) is 8.76. The zero-order valence-electron chi connectivity index (χ0n) is 17.0. The van der Waals surface area contributed by atoms with Crippen molar-refractivity contribution in [2.45, 2.75) is 39.7 Å². The number of rotatable bonds is 3. The van der Waals surface area contributed by atoms with Gasteiger partial charge in [0, 0.05) is 44.0 Å². The summed E-state index contributed by atoms with van der Waals surface area (Å²) in [6, 6.07) is 6.16. The molecule has 1 unspecified atom stereocenters. The summed E-state index contributed by atoms with van der Waals surface area (Å²) < 4.78 is 13.2. The van der Waals surface area contributed by atoms with Crippen molar-refractivity contribution >= 4 is 29.3 Å². The van der Waals surface area contributed by atoms with Crippen molar-refractivity contribution in [2.75, 3.05) is 42.7 Å². The molecule has 2 saturated heterocycles. The number of nitrogens with zero attached hydrogens (tertiary/aromatic N) is 3. The molecule has 0 bridgehead atoms. The van der Waals surface area contributed by atoms with Gasteiger partial charge in [-0.15, -0.1) is 11.8 Å². The zero-order valence-corrected chi connectivity index (χ0v) is 17.8. The molecule has 1 aromatic rings. The summed E-state index contributed by atoms with van der Waals surface area (Å²) in [4.78, 5) is 31.7. The molecule has 0 spiro atoms. The number of thioether (sulfide) groups is 1. The summed E-state index contributed by atoms with van der Waals surface area (Å²) in [5.74, 6) is 1.16. The van der Waals surface area contributed by atoms with Crippen LogP contribution in [0.1, 0.15) is 33.6 Å². The molecule has 2 fully saturated rings. The number of halogens is 1. The monoisotopic (exact) mass is 407 g/mol. The summed E-state index contributed by atoms with van der Waals surface area (Å²) in [6.07, 6.45) is 1.31. The number of anilines is 1. The molecule has 0 N–H and O–H groups in total. The van der Waals surface area contributed by atoms with E-state index in [0.717, 1.165) is 18.7 Å². The van der Waals surface area contributed by atoms with Crippen LogP contribution in [0.5, 0.6) is 0 Å². The molecule has 0 radical (unpaired) electrons. The van der Waals surface area contributed by atoms with Crippen molar-refractivity contribution in [3.8, 4) is 0 Å². The molecular weight excluding hydrogens is 377 g/mol. The number of carbonyl (C=O) groups excluding carboxylic acids is 2. The van der Waals surface area contributed by atoms with E-state index in [1.54, 1.807) is 28.8 Å². The molecule has 0 aromatic heterocycles. The third-order valence-electron chi connectivity index (χ3n) is 5.17. The molecular formula is C21H30FN3O2S. The van der Waals surface area contributed by atoms with E-state index in [-0.39, 0.29) is 29.1 Å². The van der Waals surface area contributed by atoms with Gasteiger partial charge in [-0.3, -0.25) is 9.59 Å². The van der Waals surface area contributed by atoms with Crippen LogP contribution in [0.2, 0.25) is 0 Å². The van der Waals surface area contributed by atoms with E-state index < -0.39 is 0 Å². The molecule has 7 heteroatoms. The topological polar surface area (TPSA) is 43.9 Å². The molecule has 1 aromatic carbocycles. The van der Waals surface area contributed by atoms with Crippen molar-refractivity contribution in [3.63, 3.8) is 0 Å². The lowest BCUT2D eigenvalue weighted by atomic mass is 9.91. The molecule has 154 valence electrons. The van der Waals surface area contributed by atoms with E-state index in [0.29, 0.717) is 37.7 Å². The van der Waals surface area contributed by atoms with Crippen molar-refractivity contribution in [1.82, 2.24) is 9.80 Å². The Bertz CT molecular complexity index is 705. The molecule has 5 nitrogen and oxygen atoms in total. The Morgan fingerprint density at radius 3 is 2.50 bits per heavy atom. The van der Waals surface area contributed by atoms with Gasteiger partial charge >= 0.3 is 0 Å². The van der Waals surface area contributed by atoms with E-state index in [1.165, 1.54) is 12.1 Å². The van der Waals surface area contributed by atoms with Gasteiger partial charge in [-0.1, -0.05) is 20.8 Å². The molecule has 28 heavy (non-hydrogen) atoms. The highest BCUT2D eigenvalue weighted by molar-refractivity contribution is 7.99. The van der Waals surface area contributed by atoms with Gasteiger partial charge in [0.2, 0.25) is 11.8 Å². The number of amides is 2. The first kappa shape index (κ1) is 21.0. The lowest BCUT2D eigenvalue weighted by Gasteiger charge is -2.31. The van der Waals surface area contributed by atoms with Crippen molar-refractivity contribution in [1.29, 1.82) is 0 Å². The zero-order chi connectivity index (χ0) is 20.3.